The lowest BCUT2D eigenvalue weighted by Gasteiger charge is -2.10. The maximum atomic E-state index is 11.1. The van der Waals surface area contributed by atoms with Crippen molar-refractivity contribution in [3.05, 3.63) is 12.2 Å². The maximum absolute atomic E-state index is 11.1. The highest BCUT2D eigenvalue weighted by Crippen LogP contribution is 2.01. The third-order valence-electron chi connectivity index (χ3n) is 1.50. The molecule has 0 spiro atoms. The molecular formula is C10H16O4. The summed E-state index contributed by atoms with van der Waals surface area (Å²) in [4.78, 5) is 22.0. The van der Waals surface area contributed by atoms with Crippen LogP contribution in [0.5, 0.6) is 0 Å². The minimum atomic E-state index is -0.485. The van der Waals surface area contributed by atoms with E-state index in [1.165, 1.54) is 0 Å². The van der Waals surface area contributed by atoms with Crippen LogP contribution in [0.4, 0.5) is 0 Å². The molecule has 0 saturated carbocycles. The van der Waals surface area contributed by atoms with Crippen molar-refractivity contribution >= 4 is 11.9 Å². The van der Waals surface area contributed by atoms with Gasteiger partial charge in [-0.05, 0) is 20.8 Å². The van der Waals surface area contributed by atoms with Gasteiger partial charge in [-0.25, -0.2) is 4.79 Å². The highest BCUT2D eigenvalue weighted by atomic mass is 16.5. The molecule has 80 valence electrons. The minimum absolute atomic E-state index is 0.0323. The van der Waals surface area contributed by atoms with E-state index in [9.17, 15) is 9.59 Å². The molecule has 0 saturated heterocycles. The van der Waals surface area contributed by atoms with Gasteiger partial charge in [-0.2, -0.15) is 0 Å². The smallest absolute Gasteiger partial charge is 0.333 e. The van der Waals surface area contributed by atoms with Crippen molar-refractivity contribution in [2.24, 2.45) is 5.92 Å². The third kappa shape index (κ3) is 4.64. The van der Waals surface area contributed by atoms with E-state index in [4.69, 9.17) is 9.47 Å². The molecule has 0 fully saturated rings. The molecule has 0 aliphatic rings. The van der Waals surface area contributed by atoms with Gasteiger partial charge in [-0.15, -0.1) is 0 Å². The van der Waals surface area contributed by atoms with Crippen LogP contribution in [0.2, 0.25) is 0 Å². The van der Waals surface area contributed by atoms with Crippen LogP contribution >= 0.6 is 0 Å². The number of ether oxygens (including phenoxy) is 2. The molecule has 4 heteroatoms. The van der Waals surface area contributed by atoms with Crippen molar-refractivity contribution in [1.29, 1.82) is 0 Å². The van der Waals surface area contributed by atoms with Crippen molar-refractivity contribution in [3.8, 4) is 0 Å². The number of hydrogen-bond donors (Lipinski definition) is 0. The van der Waals surface area contributed by atoms with Crippen LogP contribution in [0.15, 0.2) is 12.2 Å². The zero-order valence-electron chi connectivity index (χ0n) is 8.83. The first-order chi connectivity index (χ1) is 6.49. The van der Waals surface area contributed by atoms with E-state index in [2.05, 4.69) is 6.58 Å². The topological polar surface area (TPSA) is 52.6 Å². The third-order valence-corrected chi connectivity index (χ3v) is 1.50. The van der Waals surface area contributed by atoms with E-state index in [-0.39, 0.29) is 12.6 Å². The first-order valence-electron chi connectivity index (χ1n) is 4.48. The van der Waals surface area contributed by atoms with Gasteiger partial charge in [0.15, 0.2) is 0 Å². The summed E-state index contributed by atoms with van der Waals surface area (Å²) in [6.45, 7) is 8.71. The molecule has 14 heavy (non-hydrogen) atoms. The van der Waals surface area contributed by atoms with Gasteiger partial charge in [0, 0.05) is 5.57 Å². The summed E-state index contributed by atoms with van der Waals surface area (Å²) in [5.41, 5.74) is 0.320. The Morgan fingerprint density at radius 2 is 1.93 bits per heavy atom. The SMILES string of the molecule is C=C(C)C(=O)OCC(C)C(=O)OCC. The van der Waals surface area contributed by atoms with Crippen LogP contribution < -0.4 is 0 Å². The largest absolute Gasteiger partial charge is 0.466 e. The van der Waals surface area contributed by atoms with Gasteiger partial charge in [0.2, 0.25) is 0 Å². The van der Waals surface area contributed by atoms with Crippen LogP contribution in [0.3, 0.4) is 0 Å². The second-order valence-corrected chi connectivity index (χ2v) is 3.03. The van der Waals surface area contributed by atoms with E-state index in [1.807, 2.05) is 0 Å². The lowest BCUT2D eigenvalue weighted by atomic mass is 10.2. The Morgan fingerprint density at radius 3 is 2.36 bits per heavy atom. The predicted octanol–water partition coefficient (Wildman–Crippen LogP) is 1.30. The van der Waals surface area contributed by atoms with Crippen LogP contribution in [0.25, 0.3) is 0 Å². The van der Waals surface area contributed by atoms with E-state index < -0.39 is 11.9 Å². The average molecular weight is 200 g/mol. The van der Waals surface area contributed by atoms with Crippen molar-refractivity contribution in [2.45, 2.75) is 20.8 Å². The van der Waals surface area contributed by atoms with Gasteiger partial charge in [0.1, 0.15) is 6.61 Å². The van der Waals surface area contributed by atoms with Gasteiger partial charge < -0.3 is 9.47 Å². The summed E-state index contributed by atoms with van der Waals surface area (Å²) in [6, 6.07) is 0. The summed E-state index contributed by atoms with van der Waals surface area (Å²) in [7, 11) is 0. The molecule has 0 N–H and O–H groups in total. The fourth-order valence-electron chi connectivity index (χ4n) is 0.676. The lowest BCUT2D eigenvalue weighted by Crippen LogP contribution is -2.21. The Morgan fingerprint density at radius 1 is 1.36 bits per heavy atom. The fourth-order valence-corrected chi connectivity index (χ4v) is 0.676. The molecule has 0 aromatic carbocycles. The lowest BCUT2D eigenvalue weighted by molar-refractivity contribution is -0.152. The van der Waals surface area contributed by atoms with Crippen LogP contribution in [-0.2, 0) is 19.1 Å². The number of carbonyl (C=O) groups excluding carboxylic acids is 2. The van der Waals surface area contributed by atoms with Crippen molar-refractivity contribution < 1.29 is 19.1 Å². The van der Waals surface area contributed by atoms with Gasteiger partial charge in [-0.1, -0.05) is 6.58 Å². The van der Waals surface area contributed by atoms with E-state index in [1.54, 1.807) is 20.8 Å². The first-order valence-corrected chi connectivity index (χ1v) is 4.48. The van der Waals surface area contributed by atoms with E-state index in [0.29, 0.717) is 12.2 Å². The zero-order valence-corrected chi connectivity index (χ0v) is 8.83. The second kappa shape index (κ2) is 6.18. The van der Waals surface area contributed by atoms with E-state index >= 15 is 0 Å². The maximum Gasteiger partial charge on any atom is 0.333 e. The summed E-state index contributed by atoms with van der Waals surface area (Å²) in [6.07, 6.45) is 0. The molecule has 1 unspecified atom stereocenters. The van der Waals surface area contributed by atoms with Crippen molar-refractivity contribution in [2.75, 3.05) is 13.2 Å². The summed E-state index contributed by atoms with van der Waals surface area (Å²) < 4.78 is 9.54. The number of rotatable bonds is 5. The van der Waals surface area contributed by atoms with Gasteiger partial charge in [0.05, 0.1) is 12.5 Å². The van der Waals surface area contributed by atoms with Gasteiger partial charge in [0.25, 0.3) is 0 Å². The van der Waals surface area contributed by atoms with Gasteiger partial charge in [-0.3, -0.25) is 4.79 Å². The Hall–Kier alpha value is -1.32. The van der Waals surface area contributed by atoms with Crippen LogP contribution in [-0.4, -0.2) is 25.2 Å². The molecule has 4 nitrogen and oxygen atoms in total. The highest BCUT2D eigenvalue weighted by Gasteiger charge is 2.16. The zero-order chi connectivity index (χ0) is 11.1. The van der Waals surface area contributed by atoms with Crippen molar-refractivity contribution in [1.82, 2.24) is 0 Å². The Bertz CT molecular complexity index is 232. The second-order valence-electron chi connectivity index (χ2n) is 3.03. The summed E-state index contributed by atoms with van der Waals surface area (Å²) >= 11 is 0. The molecule has 0 aromatic heterocycles. The van der Waals surface area contributed by atoms with Crippen LogP contribution in [0.1, 0.15) is 20.8 Å². The molecule has 0 heterocycles. The molecule has 0 amide bonds. The minimum Gasteiger partial charge on any atom is -0.466 e. The predicted molar refractivity (Wildman–Crippen MR) is 51.6 cm³/mol. The molecule has 0 bridgehead atoms. The monoisotopic (exact) mass is 200 g/mol. The molecule has 0 aromatic rings. The number of carbonyl (C=O) groups is 2. The molecule has 0 aliphatic heterocycles. The molecule has 0 aliphatic carbocycles. The summed E-state index contributed by atoms with van der Waals surface area (Å²) in [5, 5.41) is 0. The Balaban J connectivity index is 3.84. The molecule has 1 atom stereocenters. The first kappa shape index (κ1) is 12.7. The van der Waals surface area contributed by atoms with Crippen LogP contribution in [0, 0.1) is 5.92 Å². The normalized spacial score (nSPS) is 11.6. The van der Waals surface area contributed by atoms with E-state index in [0.717, 1.165) is 0 Å². The Kier molecular flexibility index (Phi) is 5.60. The van der Waals surface area contributed by atoms with Crippen molar-refractivity contribution in [3.63, 3.8) is 0 Å². The highest BCUT2D eigenvalue weighted by molar-refractivity contribution is 5.87. The molecule has 0 radical (unpaired) electrons. The average Bonchev–Trinajstić information content (AvgIpc) is 2.13. The summed E-state index contributed by atoms with van der Waals surface area (Å²) in [5.74, 6) is -1.28. The molecular weight excluding hydrogens is 184 g/mol. The Labute approximate surface area is 83.9 Å². The fraction of sp³-hybridized carbons (Fsp3) is 0.600. The molecule has 0 rings (SSSR count). The standard InChI is InChI=1S/C10H16O4/c1-5-13-10(12)8(4)6-14-9(11)7(2)3/h8H,2,5-6H2,1,3-4H3. The van der Waals surface area contributed by atoms with Gasteiger partial charge >= 0.3 is 11.9 Å². The quantitative estimate of drug-likeness (QED) is 0.496. The number of esters is 2. The number of hydrogen-bond acceptors (Lipinski definition) is 4.